The summed E-state index contributed by atoms with van der Waals surface area (Å²) in [5.41, 5.74) is 0.581. The molecule has 2 saturated heterocycles. The van der Waals surface area contributed by atoms with Crippen LogP contribution in [0.1, 0.15) is 42.5 Å². The van der Waals surface area contributed by atoms with Crippen molar-refractivity contribution in [3.05, 3.63) is 30.1 Å². The largest absolute Gasteiger partial charge is 0.365 e. The van der Waals surface area contributed by atoms with Gasteiger partial charge in [0.25, 0.3) is 5.91 Å². The summed E-state index contributed by atoms with van der Waals surface area (Å²) in [7, 11) is 0. The van der Waals surface area contributed by atoms with E-state index in [1.54, 1.807) is 24.5 Å². The highest BCUT2D eigenvalue weighted by Crippen LogP contribution is 2.29. The quantitative estimate of drug-likeness (QED) is 0.836. The van der Waals surface area contributed by atoms with E-state index in [0.29, 0.717) is 24.7 Å². The molecular formula is C20H28N4O3. The van der Waals surface area contributed by atoms with Crippen LogP contribution in [0.25, 0.3) is 0 Å². The van der Waals surface area contributed by atoms with Gasteiger partial charge in [-0.25, -0.2) is 0 Å². The molecular weight excluding hydrogens is 344 g/mol. The molecule has 4 rings (SSSR count). The van der Waals surface area contributed by atoms with Gasteiger partial charge >= 0.3 is 0 Å². The van der Waals surface area contributed by atoms with Crippen molar-refractivity contribution >= 4 is 11.8 Å². The van der Waals surface area contributed by atoms with Crippen LogP contribution in [0.3, 0.4) is 0 Å². The van der Waals surface area contributed by atoms with Crippen molar-refractivity contribution in [2.45, 2.75) is 50.3 Å². The number of amides is 2. The average molecular weight is 372 g/mol. The summed E-state index contributed by atoms with van der Waals surface area (Å²) in [6.45, 7) is 3.25. The maximum absolute atomic E-state index is 12.4. The first-order chi connectivity index (χ1) is 13.2. The number of morpholine rings is 1. The number of nitrogens with one attached hydrogen (secondary N) is 1. The number of pyridine rings is 1. The second-order valence-corrected chi connectivity index (χ2v) is 7.78. The molecule has 0 spiro atoms. The molecule has 0 bridgehead atoms. The van der Waals surface area contributed by atoms with Crippen LogP contribution in [0.2, 0.25) is 0 Å². The van der Waals surface area contributed by atoms with Gasteiger partial charge in [0.05, 0.1) is 6.10 Å². The number of ether oxygens (including phenoxy) is 1. The summed E-state index contributed by atoms with van der Waals surface area (Å²) in [6, 6.07) is 4.45. The van der Waals surface area contributed by atoms with Gasteiger partial charge in [-0.1, -0.05) is 6.42 Å². The Hall–Kier alpha value is -1.99. The van der Waals surface area contributed by atoms with Gasteiger partial charge in [0.1, 0.15) is 6.61 Å². The Morgan fingerprint density at radius 1 is 1.15 bits per heavy atom. The molecule has 2 aliphatic heterocycles. The van der Waals surface area contributed by atoms with E-state index >= 15 is 0 Å². The SMILES string of the molecule is O=C(NCC1CN(C2CCN(C3CCC3)CC2)C(=O)CO1)c1ccncc1. The molecule has 0 radical (unpaired) electrons. The number of likely N-dealkylation sites (tertiary alicyclic amines) is 1. The van der Waals surface area contributed by atoms with Gasteiger partial charge in [-0.3, -0.25) is 14.6 Å². The zero-order valence-electron chi connectivity index (χ0n) is 15.7. The molecule has 1 N–H and O–H groups in total. The molecule has 3 aliphatic rings. The third-order valence-electron chi connectivity index (χ3n) is 6.13. The number of hydrogen-bond acceptors (Lipinski definition) is 5. The Bertz CT molecular complexity index is 656. The molecule has 146 valence electrons. The fourth-order valence-corrected chi connectivity index (χ4v) is 4.25. The number of nitrogens with zero attached hydrogens (tertiary/aromatic N) is 3. The third-order valence-corrected chi connectivity index (χ3v) is 6.13. The van der Waals surface area contributed by atoms with Crippen molar-refractivity contribution in [3.63, 3.8) is 0 Å². The van der Waals surface area contributed by atoms with Crippen molar-refractivity contribution in [1.29, 1.82) is 0 Å². The molecule has 7 heteroatoms. The predicted molar refractivity (Wildman–Crippen MR) is 100 cm³/mol. The van der Waals surface area contributed by atoms with Crippen LogP contribution in [0.4, 0.5) is 0 Å². The molecule has 3 heterocycles. The lowest BCUT2D eigenvalue weighted by Crippen LogP contribution is -2.57. The van der Waals surface area contributed by atoms with E-state index in [1.165, 1.54) is 19.3 Å². The number of carbonyl (C=O) groups excluding carboxylic acids is 2. The van der Waals surface area contributed by atoms with Crippen molar-refractivity contribution in [2.24, 2.45) is 0 Å². The van der Waals surface area contributed by atoms with Gasteiger partial charge < -0.3 is 19.9 Å². The monoisotopic (exact) mass is 372 g/mol. The van der Waals surface area contributed by atoms with Gasteiger partial charge in [0.2, 0.25) is 5.91 Å². The molecule has 0 aromatic carbocycles. The van der Waals surface area contributed by atoms with Crippen molar-refractivity contribution in [2.75, 3.05) is 32.8 Å². The molecule has 1 atom stereocenters. The van der Waals surface area contributed by atoms with E-state index in [1.807, 2.05) is 4.90 Å². The minimum Gasteiger partial charge on any atom is -0.365 e. The molecule has 1 saturated carbocycles. The molecule has 2 amide bonds. The topological polar surface area (TPSA) is 74.8 Å². The highest BCUT2D eigenvalue weighted by atomic mass is 16.5. The Labute approximate surface area is 160 Å². The van der Waals surface area contributed by atoms with Crippen LogP contribution in [0.5, 0.6) is 0 Å². The van der Waals surface area contributed by atoms with Crippen LogP contribution < -0.4 is 5.32 Å². The minimum absolute atomic E-state index is 0.0776. The first kappa shape index (κ1) is 18.4. The lowest BCUT2D eigenvalue weighted by Gasteiger charge is -2.45. The van der Waals surface area contributed by atoms with Crippen molar-refractivity contribution in [3.8, 4) is 0 Å². The van der Waals surface area contributed by atoms with E-state index in [9.17, 15) is 9.59 Å². The highest BCUT2D eigenvalue weighted by Gasteiger charge is 2.35. The van der Waals surface area contributed by atoms with Crippen LogP contribution in [-0.2, 0) is 9.53 Å². The van der Waals surface area contributed by atoms with Gasteiger partial charge in [0.15, 0.2) is 0 Å². The van der Waals surface area contributed by atoms with Gasteiger partial charge in [0, 0.05) is 56.2 Å². The number of rotatable bonds is 5. The molecule has 1 aromatic rings. The second kappa shape index (κ2) is 8.35. The maximum atomic E-state index is 12.4. The third kappa shape index (κ3) is 4.30. The first-order valence-electron chi connectivity index (χ1n) is 10.0. The van der Waals surface area contributed by atoms with Crippen LogP contribution >= 0.6 is 0 Å². The number of aromatic nitrogens is 1. The summed E-state index contributed by atoms with van der Waals surface area (Å²) in [6.07, 6.45) is 9.15. The lowest BCUT2D eigenvalue weighted by molar-refractivity contribution is -0.153. The van der Waals surface area contributed by atoms with Crippen LogP contribution in [0.15, 0.2) is 24.5 Å². The molecule has 1 aromatic heterocycles. The number of piperidine rings is 1. The van der Waals surface area contributed by atoms with E-state index in [4.69, 9.17) is 4.74 Å². The summed E-state index contributed by atoms with van der Waals surface area (Å²) < 4.78 is 5.65. The van der Waals surface area contributed by atoms with E-state index < -0.39 is 0 Å². The smallest absolute Gasteiger partial charge is 0.251 e. The van der Waals surface area contributed by atoms with E-state index in [-0.39, 0.29) is 24.5 Å². The Balaban J connectivity index is 1.27. The zero-order valence-corrected chi connectivity index (χ0v) is 15.7. The normalized spacial score (nSPS) is 25.3. The summed E-state index contributed by atoms with van der Waals surface area (Å²) in [5, 5.41) is 2.91. The first-order valence-corrected chi connectivity index (χ1v) is 10.0. The zero-order chi connectivity index (χ0) is 18.6. The fraction of sp³-hybridized carbons (Fsp3) is 0.650. The Morgan fingerprint density at radius 2 is 1.89 bits per heavy atom. The molecule has 27 heavy (non-hydrogen) atoms. The van der Waals surface area contributed by atoms with Crippen molar-refractivity contribution in [1.82, 2.24) is 20.1 Å². The Kier molecular flexibility index (Phi) is 5.69. The van der Waals surface area contributed by atoms with E-state index in [0.717, 1.165) is 32.0 Å². The number of hydrogen-bond donors (Lipinski definition) is 1. The Morgan fingerprint density at radius 3 is 2.56 bits per heavy atom. The fourth-order valence-electron chi connectivity index (χ4n) is 4.25. The van der Waals surface area contributed by atoms with Crippen molar-refractivity contribution < 1.29 is 14.3 Å². The van der Waals surface area contributed by atoms with Gasteiger partial charge in [-0.2, -0.15) is 0 Å². The van der Waals surface area contributed by atoms with Crippen LogP contribution in [-0.4, -0.2) is 77.6 Å². The van der Waals surface area contributed by atoms with Crippen LogP contribution in [0, 0.1) is 0 Å². The number of carbonyl (C=O) groups is 2. The summed E-state index contributed by atoms with van der Waals surface area (Å²) >= 11 is 0. The summed E-state index contributed by atoms with van der Waals surface area (Å²) in [5.74, 6) is -0.0629. The second-order valence-electron chi connectivity index (χ2n) is 7.78. The van der Waals surface area contributed by atoms with E-state index in [2.05, 4.69) is 15.2 Å². The van der Waals surface area contributed by atoms with Gasteiger partial charge in [-0.05, 0) is 37.8 Å². The minimum atomic E-state index is -0.154. The molecule has 1 aliphatic carbocycles. The predicted octanol–water partition coefficient (Wildman–Crippen LogP) is 1.06. The summed E-state index contributed by atoms with van der Waals surface area (Å²) in [4.78, 5) is 33.1. The maximum Gasteiger partial charge on any atom is 0.251 e. The average Bonchev–Trinajstić information content (AvgIpc) is 2.67. The lowest BCUT2D eigenvalue weighted by atomic mass is 9.89. The van der Waals surface area contributed by atoms with Gasteiger partial charge in [-0.15, -0.1) is 0 Å². The molecule has 3 fully saturated rings. The molecule has 1 unspecified atom stereocenters. The standard InChI is InChI=1S/C20H28N4O3/c25-19-14-27-18(12-22-20(26)15-4-8-21-9-5-15)13-24(19)17-6-10-23(11-7-17)16-2-1-3-16/h4-5,8-9,16-18H,1-3,6-7,10-14H2,(H,22,26). The highest BCUT2D eigenvalue weighted by molar-refractivity contribution is 5.94. The molecule has 7 nitrogen and oxygen atoms in total.